The molecule has 13 heteroatoms. The molecular weight excluding hydrogens is 478 g/mol. The Morgan fingerprint density at radius 2 is 1.69 bits per heavy atom. The van der Waals surface area contributed by atoms with Crippen LogP contribution in [0.15, 0.2) is 29.3 Å². The highest BCUT2D eigenvalue weighted by Gasteiger charge is 2.45. The van der Waals surface area contributed by atoms with E-state index in [1.807, 2.05) is 0 Å². The number of hydrogen-bond acceptors (Lipinski definition) is 11. The molecule has 0 unspecified atom stereocenters. The van der Waals surface area contributed by atoms with Gasteiger partial charge in [-0.3, -0.25) is 9.59 Å². The van der Waals surface area contributed by atoms with Crippen LogP contribution in [0.25, 0.3) is 0 Å². The molecule has 10 N–H and O–H groups in total. The number of phenols is 1. The number of carbonyl (C=O) groups is 2. The van der Waals surface area contributed by atoms with Gasteiger partial charge in [0.2, 0.25) is 6.29 Å². The monoisotopic (exact) mass is 503 g/mol. The van der Waals surface area contributed by atoms with E-state index in [2.05, 4.69) is 4.99 Å². The van der Waals surface area contributed by atoms with Crippen molar-refractivity contribution in [3.63, 3.8) is 0 Å². The van der Waals surface area contributed by atoms with Gasteiger partial charge in [-0.05, 0) is 23.8 Å². The molecule has 0 radical (unpaired) electrons. The third-order valence-electron chi connectivity index (χ3n) is 6.07. The summed E-state index contributed by atoms with van der Waals surface area (Å²) in [6.45, 7) is -1.41. The number of fused-ring (bicyclic) bond motifs is 2. The van der Waals surface area contributed by atoms with Crippen LogP contribution in [0.1, 0.15) is 43.0 Å². The summed E-state index contributed by atoms with van der Waals surface area (Å²) in [6.07, 6.45) is -8.25. The van der Waals surface area contributed by atoms with Crippen LogP contribution in [0.4, 0.5) is 0 Å². The fraction of sp³-hybridized carbons (Fsp3) is 0.348. The van der Waals surface area contributed by atoms with Crippen molar-refractivity contribution in [1.29, 1.82) is 0 Å². The Morgan fingerprint density at radius 1 is 0.972 bits per heavy atom. The van der Waals surface area contributed by atoms with Crippen LogP contribution in [0.2, 0.25) is 0 Å². The highest BCUT2D eigenvalue weighted by molar-refractivity contribution is 6.29. The van der Waals surface area contributed by atoms with Crippen LogP contribution in [-0.4, -0.2) is 85.5 Å². The summed E-state index contributed by atoms with van der Waals surface area (Å²) in [4.78, 5) is 30.4. The first-order chi connectivity index (χ1) is 17.1. The van der Waals surface area contributed by atoms with Crippen LogP contribution in [0, 0.1) is 0 Å². The van der Waals surface area contributed by atoms with Crippen molar-refractivity contribution in [3.05, 3.63) is 57.6 Å². The molecule has 192 valence electrons. The number of aliphatic imine (C=N–C) groups is 1. The van der Waals surface area contributed by atoms with E-state index >= 15 is 0 Å². The molecule has 1 heterocycles. The zero-order valence-corrected chi connectivity index (χ0v) is 18.7. The summed E-state index contributed by atoms with van der Waals surface area (Å²) in [5.41, 5.74) is 10.7. The summed E-state index contributed by atoms with van der Waals surface area (Å²) in [5.74, 6) is -2.82. The number of aliphatic hydroxyl groups excluding tert-OH is 5. The molecule has 0 amide bonds. The van der Waals surface area contributed by atoms with E-state index in [-0.39, 0.29) is 41.4 Å². The number of nitrogens with two attached hydrogens (primary N) is 2. The molecule has 36 heavy (non-hydrogen) atoms. The van der Waals surface area contributed by atoms with Crippen molar-refractivity contribution in [1.82, 2.24) is 0 Å². The van der Waals surface area contributed by atoms with Gasteiger partial charge >= 0.3 is 0 Å². The van der Waals surface area contributed by atoms with Gasteiger partial charge in [-0.2, -0.15) is 0 Å². The zero-order chi connectivity index (χ0) is 26.3. The molecule has 2 aliphatic rings. The lowest BCUT2D eigenvalue weighted by Gasteiger charge is -2.39. The van der Waals surface area contributed by atoms with Gasteiger partial charge in [0.1, 0.15) is 24.4 Å². The van der Waals surface area contributed by atoms with Crippen molar-refractivity contribution in [3.8, 4) is 11.5 Å². The molecule has 1 aliphatic heterocycles. The fourth-order valence-electron chi connectivity index (χ4n) is 4.18. The predicted molar refractivity (Wildman–Crippen MR) is 121 cm³/mol. The SMILES string of the molecule is NC(N)=NCc1cc2c(c(O)c1O[C@@H]1O[C@@H](CO)[C@H](O)[C@@H](O)[C@@H]1O)C(=O)c1cc(CO)ccc1C2=O. The van der Waals surface area contributed by atoms with Crippen molar-refractivity contribution < 1.29 is 49.7 Å². The van der Waals surface area contributed by atoms with Gasteiger partial charge in [-0.1, -0.05) is 6.07 Å². The third-order valence-corrected chi connectivity index (χ3v) is 6.07. The summed E-state index contributed by atoms with van der Waals surface area (Å²) in [5, 5.41) is 60.4. The molecule has 1 saturated heterocycles. The normalized spacial score (nSPS) is 25.2. The first kappa shape index (κ1) is 25.5. The number of ether oxygens (including phenoxy) is 2. The van der Waals surface area contributed by atoms with E-state index < -0.39 is 65.9 Å². The molecule has 1 aliphatic carbocycles. The number of phenolic OH excluding ortho intramolecular Hbond substituents is 1. The Labute approximate surface area is 203 Å². The molecule has 13 nitrogen and oxygen atoms in total. The number of guanidine groups is 1. The van der Waals surface area contributed by atoms with Gasteiger partial charge in [0.05, 0.1) is 25.3 Å². The van der Waals surface area contributed by atoms with Crippen LogP contribution >= 0.6 is 0 Å². The van der Waals surface area contributed by atoms with Crippen molar-refractivity contribution in [2.75, 3.05) is 6.61 Å². The van der Waals surface area contributed by atoms with Gasteiger partial charge in [-0.15, -0.1) is 0 Å². The lowest BCUT2D eigenvalue weighted by Crippen LogP contribution is -2.60. The summed E-state index contributed by atoms with van der Waals surface area (Å²) in [6, 6.07) is 5.48. The molecule has 2 aromatic rings. The van der Waals surface area contributed by atoms with E-state index in [4.69, 9.17) is 20.9 Å². The van der Waals surface area contributed by atoms with Crippen molar-refractivity contribution in [2.45, 2.75) is 43.9 Å². The van der Waals surface area contributed by atoms with E-state index in [1.165, 1.54) is 24.3 Å². The first-order valence-corrected chi connectivity index (χ1v) is 10.8. The molecule has 0 saturated carbocycles. The van der Waals surface area contributed by atoms with E-state index in [9.17, 15) is 40.2 Å². The van der Waals surface area contributed by atoms with Gasteiger partial charge in [0.15, 0.2) is 29.0 Å². The molecule has 2 aromatic carbocycles. The van der Waals surface area contributed by atoms with Gasteiger partial charge in [-0.25, -0.2) is 4.99 Å². The molecule has 0 spiro atoms. The first-order valence-electron chi connectivity index (χ1n) is 10.8. The number of aromatic hydroxyl groups is 1. The maximum absolute atomic E-state index is 13.3. The van der Waals surface area contributed by atoms with Gasteiger partial charge < -0.3 is 51.6 Å². The fourth-order valence-corrected chi connectivity index (χ4v) is 4.18. The van der Waals surface area contributed by atoms with Crippen LogP contribution in [-0.2, 0) is 17.9 Å². The van der Waals surface area contributed by atoms with Gasteiger partial charge in [0, 0.05) is 22.3 Å². The van der Waals surface area contributed by atoms with Crippen LogP contribution in [0.5, 0.6) is 11.5 Å². The topological polar surface area (TPSA) is 238 Å². The number of nitrogens with zero attached hydrogens (tertiary/aromatic N) is 1. The highest BCUT2D eigenvalue weighted by Crippen LogP contribution is 2.43. The molecule has 0 aromatic heterocycles. The lowest BCUT2D eigenvalue weighted by molar-refractivity contribution is -0.277. The minimum absolute atomic E-state index is 0.0354. The maximum atomic E-state index is 13.3. The summed E-state index contributed by atoms with van der Waals surface area (Å²) < 4.78 is 11.0. The van der Waals surface area contributed by atoms with Crippen molar-refractivity contribution >= 4 is 17.5 Å². The second-order valence-corrected chi connectivity index (χ2v) is 8.39. The lowest BCUT2D eigenvalue weighted by atomic mass is 9.81. The summed E-state index contributed by atoms with van der Waals surface area (Å²) in [7, 11) is 0. The Hall–Kier alpha value is -3.59. The van der Waals surface area contributed by atoms with Gasteiger partial charge in [0.25, 0.3) is 0 Å². The van der Waals surface area contributed by atoms with Crippen LogP contribution in [0.3, 0.4) is 0 Å². The second-order valence-electron chi connectivity index (χ2n) is 8.39. The largest absolute Gasteiger partial charge is 0.504 e. The molecule has 4 rings (SSSR count). The number of benzene rings is 2. The quantitative estimate of drug-likeness (QED) is 0.130. The Morgan fingerprint density at radius 3 is 2.33 bits per heavy atom. The number of carbonyl (C=O) groups excluding carboxylic acids is 2. The average molecular weight is 503 g/mol. The summed E-state index contributed by atoms with van der Waals surface area (Å²) >= 11 is 0. The van der Waals surface area contributed by atoms with E-state index in [1.54, 1.807) is 0 Å². The molecular formula is C23H25N3O10. The molecule has 0 bridgehead atoms. The number of aliphatic hydroxyl groups is 5. The van der Waals surface area contributed by atoms with Crippen molar-refractivity contribution in [2.24, 2.45) is 16.5 Å². The smallest absolute Gasteiger partial charge is 0.229 e. The Balaban J connectivity index is 1.84. The number of ketones is 2. The van der Waals surface area contributed by atoms with E-state index in [0.29, 0.717) is 5.56 Å². The molecule has 1 fully saturated rings. The van der Waals surface area contributed by atoms with E-state index in [0.717, 1.165) is 0 Å². The minimum atomic E-state index is -1.82. The zero-order valence-electron chi connectivity index (χ0n) is 18.7. The molecule has 5 atom stereocenters. The highest BCUT2D eigenvalue weighted by atomic mass is 16.7. The average Bonchev–Trinajstić information content (AvgIpc) is 2.86. The predicted octanol–water partition coefficient (Wildman–Crippen LogP) is -2.39. The number of hydrogen-bond donors (Lipinski definition) is 8. The Kier molecular flexibility index (Phi) is 6.95. The Bertz CT molecular complexity index is 1240. The minimum Gasteiger partial charge on any atom is -0.504 e. The maximum Gasteiger partial charge on any atom is 0.229 e. The van der Waals surface area contributed by atoms with Crippen LogP contribution < -0.4 is 16.2 Å². The standard InChI is InChI=1S/C23H25N3O10/c24-23(25)26-5-9-4-12-14(16(30)11-3-8(6-27)1-2-10(11)15(12)29)18(32)21(9)36-22-20(34)19(33)17(31)13(7-28)35-22/h1-4,13,17,19-20,22,27-28,31-34H,5-7H2,(H4,24,25,26)/t13-,17-,19+,20-,22-/m0/s1. The number of rotatable bonds is 6. The third kappa shape index (κ3) is 4.28. The second kappa shape index (κ2) is 9.81.